The molecule has 1 aromatic heterocycles. The third kappa shape index (κ3) is 3.62. The first kappa shape index (κ1) is 15.5. The summed E-state index contributed by atoms with van der Waals surface area (Å²) in [6.07, 6.45) is -0.0940. The number of nitrogens with zero attached hydrogens (tertiary/aromatic N) is 1. The molecule has 2 aromatic rings. The Morgan fingerprint density at radius 3 is 2.43 bits per heavy atom. The van der Waals surface area contributed by atoms with Crippen LogP contribution in [0.3, 0.4) is 0 Å². The highest BCUT2D eigenvalue weighted by molar-refractivity contribution is 6.36. The molecule has 2 rings (SSSR count). The molecule has 1 aromatic carbocycles. The minimum atomic E-state index is -1.08. The summed E-state index contributed by atoms with van der Waals surface area (Å²) in [6.45, 7) is 1.60. The Hall–Kier alpha value is -1.85. The maximum Gasteiger partial charge on any atom is 0.308 e. The third-order valence-electron chi connectivity index (χ3n) is 3.01. The van der Waals surface area contributed by atoms with Crippen molar-refractivity contribution < 1.29 is 9.90 Å². The molecule has 1 heterocycles. The van der Waals surface area contributed by atoms with E-state index in [0.717, 1.165) is 0 Å². The zero-order valence-corrected chi connectivity index (χ0v) is 12.6. The van der Waals surface area contributed by atoms with Crippen molar-refractivity contribution in [1.82, 2.24) is 9.97 Å². The van der Waals surface area contributed by atoms with Gasteiger partial charge >= 0.3 is 5.97 Å². The first-order valence-corrected chi connectivity index (χ1v) is 6.87. The normalized spacial score (nSPS) is 10.6. The lowest BCUT2D eigenvalue weighted by Gasteiger charge is -2.08. The highest BCUT2D eigenvalue weighted by Gasteiger charge is 2.13. The number of halogens is 2. The number of rotatable bonds is 4. The van der Waals surface area contributed by atoms with Gasteiger partial charge in [-0.1, -0.05) is 29.3 Å². The standard InChI is InChI=1S/C14H12Cl2N2O3/c1-7-8(6-13(19)20)14(21)18-12(17-7)5-9-10(15)3-2-4-11(9)16/h2-4H,5-6H2,1H3,(H,19,20)(H,17,18,21). The molecule has 110 valence electrons. The van der Waals surface area contributed by atoms with Crippen molar-refractivity contribution in [2.45, 2.75) is 19.8 Å². The fraction of sp³-hybridized carbons (Fsp3) is 0.214. The van der Waals surface area contributed by atoms with Gasteiger partial charge in [-0.3, -0.25) is 9.59 Å². The molecule has 0 amide bonds. The predicted molar refractivity (Wildman–Crippen MR) is 80.2 cm³/mol. The van der Waals surface area contributed by atoms with Crippen LogP contribution in [0.1, 0.15) is 22.6 Å². The number of carbonyl (C=O) groups is 1. The molecular weight excluding hydrogens is 315 g/mol. The lowest BCUT2D eigenvalue weighted by atomic mass is 10.1. The first-order valence-electron chi connectivity index (χ1n) is 6.12. The highest BCUT2D eigenvalue weighted by Crippen LogP contribution is 2.25. The molecule has 0 saturated carbocycles. The molecular formula is C14H12Cl2N2O3. The van der Waals surface area contributed by atoms with Crippen molar-refractivity contribution in [2.75, 3.05) is 0 Å². The van der Waals surface area contributed by atoms with E-state index < -0.39 is 11.5 Å². The van der Waals surface area contributed by atoms with Crippen LogP contribution in [0.4, 0.5) is 0 Å². The van der Waals surface area contributed by atoms with Crippen LogP contribution in [0.5, 0.6) is 0 Å². The van der Waals surface area contributed by atoms with Gasteiger partial charge in [0.1, 0.15) is 5.82 Å². The summed E-state index contributed by atoms with van der Waals surface area (Å²) in [5.74, 6) is -0.686. The Morgan fingerprint density at radius 2 is 1.90 bits per heavy atom. The first-order chi connectivity index (χ1) is 9.88. The van der Waals surface area contributed by atoms with E-state index in [-0.39, 0.29) is 18.4 Å². The summed E-state index contributed by atoms with van der Waals surface area (Å²) >= 11 is 12.2. The number of aryl methyl sites for hydroxylation is 1. The Kier molecular flexibility index (Phi) is 4.65. The monoisotopic (exact) mass is 326 g/mol. The van der Waals surface area contributed by atoms with E-state index in [4.69, 9.17) is 28.3 Å². The zero-order chi connectivity index (χ0) is 15.6. The summed E-state index contributed by atoms with van der Waals surface area (Å²) in [7, 11) is 0. The van der Waals surface area contributed by atoms with E-state index >= 15 is 0 Å². The quantitative estimate of drug-likeness (QED) is 0.904. The average Bonchev–Trinajstić information content (AvgIpc) is 2.38. The Bertz CT molecular complexity index is 736. The second kappa shape index (κ2) is 6.28. The number of aliphatic carboxylic acids is 1. The van der Waals surface area contributed by atoms with Crippen molar-refractivity contribution in [2.24, 2.45) is 0 Å². The maximum absolute atomic E-state index is 11.9. The average molecular weight is 327 g/mol. The fourth-order valence-electron chi connectivity index (χ4n) is 1.98. The van der Waals surface area contributed by atoms with Gasteiger partial charge in [-0.2, -0.15) is 0 Å². The summed E-state index contributed by atoms with van der Waals surface area (Å²) in [6, 6.07) is 5.13. The predicted octanol–water partition coefficient (Wildman–Crippen LogP) is 2.60. The molecule has 0 saturated heterocycles. The summed E-state index contributed by atoms with van der Waals surface area (Å²) < 4.78 is 0. The molecule has 0 fully saturated rings. The number of nitrogens with one attached hydrogen (secondary N) is 1. The van der Waals surface area contributed by atoms with Crippen LogP contribution in [0, 0.1) is 6.92 Å². The van der Waals surface area contributed by atoms with Crippen LogP contribution in [-0.2, 0) is 17.6 Å². The number of benzene rings is 1. The van der Waals surface area contributed by atoms with E-state index in [9.17, 15) is 9.59 Å². The van der Waals surface area contributed by atoms with Gasteiger partial charge in [-0.05, 0) is 24.6 Å². The topological polar surface area (TPSA) is 83.0 Å². The van der Waals surface area contributed by atoms with Gasteiger partial charge in [-0.25, -0.2) is 4.98 Å². The SMILES string of the molecule is Cc1nc(Cc2c(Cl)cccc2Cl)[nH]c(=O)c1CC(=O)O. The third-order valence-corrected chi connectivity index (χ3v) is 3.71. The van der Waals surface area contributed by atoms with E-state index in [0.29, 0.717) is 27.1 Å². The van der Waals surface area contributed by atoms with Gasteiger partial charge < -0.3 is 10.1 Å². The molecule has 0 bridgehead atoms. The van der Waals surface area contributed by atoms with Crippen LogP contribution in [0.2, 0.25) is 10.0 Å². The largest absolute Gasteiger partial charge is 0.481 e. The second-order valence-electron chi connectivity index (χ2n) is 4.52. The molecule has 0 aliphatic heterocycles. The van der Waals surface area contributed by atoms with E-state index in [1.54, 1.807) is 25.1 Å². The van der Waals surface area contributed by atoms with Gasteiger partial charge in [0, 0.05) is 27.7 Å². The molecule has 0 radical (unpaired) electrons. The summed E-state index contributed by atoms with van der Waals surface area (Å²) in [5, 5.41) is 9.75. The molecule has 0 unspecified atom stereocenters. The molecule has 0 aliphatic rings. The Balaban J connectivity index is 2.39. The lowest BCUT2D eigenvalue weighted by Crippen LogP contribution is -2.21. The minimum absolute atomic E-state index is 0.150. The van der Waals surface area contributed by atoms with Crippen LogP contribution in [-0.4, -0.2) is 21.0 Å². The molecule has 21 heavy (non-hydrogen) atoms. The van der Waals surface area contributed by atoms with Gasteiger partial charge in [0.15, 0.2) is 0 Å². The molecule has 7 heteroatoms. The van der Waals surface area contributed by atoms with E-state index in [1.165, 1.54) is 0 Å². The number of hydrogen-bond acceptors (Lipinski definition) is 3. The van der Waals surface area contributed by atoms with E-state index in [2.05, 4.69) is 9.97 Å². The number of H-pyrrole nitrogens is 1. The lowest BCUT2D eigenvalue weighted by molar-refractivity contribution is -0.136. The van der Waals surface area contributed by atoms with Crippen LogP contribution < -0.4 is 5.56 Å². The van der Waals surface area contributed by atoms with Crippen molar-refractivity contribution in [3.05, 3.63) is 61.2 Å². The summed E-state index contributed by atoms with van der Waals surface area (Å²) in [5.41, 5.74) is 0.744. The highest BCUT2D eigenvalue weighted by atomic mass is 35.5. The van der Waals surface area contributed by atoms with Gasteiger partial charge in [-0.15, -0.1) is 0 Å². The van der Waals surface area contributed by atoms with Crippen molar-refractivity contribution in [1.29, 1.82) is 0 Å². The van der Waals surface area contributed by atoms with Crippen LogP contribution in [0.25, 0.3) is 0 Å². The van der Waals surface area contributed by atoms with Crippen molar-refractivity contribution in [3.8, 4) is 0 Å². The Labute approximate surface area is 130 Å². The second-order valence-corrected chi connectivity index (χ2v) is 5.34. The summed E-state index contributed by atoms with van der Waals surface area (Å²) in [4.78, 5) is 29.5. The minimum Gasteiger partial charge on any atom is -0.481 e. The zero-order valence-electron chi connectivity index (χ0n) is 11.1. The number of carboxylic acid groups (broad SMARTS) is 1. The molecule has 0 aliphatic carbocycles. The number of aromatic amines is 1. The fourth-order valence-corrected chi connectivity index (χ4v) is 2.51. The molecule has 0 spiro atoms. The molecule has 0 atom stereocenters. The van der Waals surface area contributed by atoms with Gasteiger partial charge in [0.2, 0.25) is 0 Å². The van der Waals surface area contributed by atoms with Crippen LogP contribution in [0.15, 0.2) is 23.0 Å². The van der Waals surface area contributed by atoms with Gasteiger partial charge in [0.25, 0.3) is 5.56 Å². The van der Waals surface area contributed by atoms with Crippen LogP contribution >= 0.6 is 23.2 Å². The molecule has 2 N–H and O–H groups in total. The number of aromatic nitrogens is 2. The Morgan fingerprint density at radius 1 is 1.29 bits per heavy atom. The number of hydrogen-bond donors (Lipinski definition) is 2. The number of carboxylic acids is 1. The van der Waals surface area contributed by atoms with Gasteiger partial charge in [0.05, 0.1) is 6.42 Å². The smallest absolute Gasteiger partial charge is 0.308 e. The van der Waals surface area contributed by atoms with Crippen molar-refractivity contribution in [3.63, 3.8) is 0 Å². The van der Waals surface area contributed by atoms with Crippen molar-refractivity contribution >= 4 is 29.2 Å². The van der Waals surface area contributed by atoms with E-state index in [1.807, 2.05) is 0 Å². The maximum atomic E-state index is 11.9. The molecule has 5 nitrogen and oxygen atoms in total.